The average molecular weight is 659 g/mol. The van der Waals surface area contributed by atoms with E-state index in [0.29, 0.717) is 26.3 Å². The molecule has 0 saturated carbocycles. The van der Waals surface area contributed by atoms with Crippen LogP contribution in [0.25, 0.3) is 0 Å². The molecule has 0 radical (unpaired) electrons. The number of benzene rings is 2. The number of ketones is 2. The van der Waals surface area contributed by atoms with Crippen LogP contribution in [0.15, 0.2) is 18.2 Å². The number of hydrogen-bond acceptors (Lipinski definition) is 12. The van der Waals surface area contributed by atoms with Gasteiger partial charge in [0.15, 0.2) is 12.1 Å². The van der Waals surface area contributed by atoms with Crippen LogP contribution in [0.3, 0.4) is 0 Å². The fourth-order valence-corrected chi connectivity index (χ4v) is 6.86. The van der Waals surface area contributed by atoms with E-state index in [4.69, 9.17) is 14.2 Å². The molecule has 2 aromatic rings. The van der Waals surface area contributed by atoms with E-state index in [1.807, 2.05) is 0 Å². The molecule has 6 N–H and O–H groups in total. The van der Waals surface area contributed by atoms with Crippen molar-refractivity contribution in [3.63, 3.8) is 0 Å². The van der Waals surface area contributed by atoms with Crippen LogP contribution in [0, 0.1) is 0 Å². The molecule has 7 atom stereocenters. The maximum atomic E-state index is 13.6. The average Bonchev–Trinajstić information content (AvgIpc) is 2.97. The molecule has 242 valence electrons. The zero-order valence-corrected chi connectivity index (χ0v) is 25.8. The van der Waals surface area contributed by atoms with Gasteiger partial charge in [0, 0.05) is 48.7 Å². The maximum Gasteiger partial charge on any atom is 0.202 e. The molecule has 4 aliphatic rings. The van der Waals surface area contributed by atoms with Gasteiger partial charge in [-0.05, 0) is 19.4 Å². The normalized spacial score (nSPS) is 31.7. The van der Waals surface area contributed by atoms with Gasteiger partial charge in [-0.15, -0.1) is 24.8 Å². The number of halogens is 2. The Morgan fingerprint density at radius 1 is 0.977 bits per heavy atom. The standard InChI is InChI=1S/C30H35NO11.2ClH/c1-3-30(39)12-17(42-18-11-15(24(33)13(2)41-18)31-7-9-40-10-8-31)20-23(29(30)38)28(37)21-22(27(20)36)26(35)19-14(25(21)34)5-4-6-16(19)32;;/h4-6,13,15,17-18,24,29,32-33,36-39H,3,7-12H2,1-2H3;2*1H/t13?,15?,17-,18?,24?,29+,30+;;/m0../s1. The molecule has 0 bridgehead atoms. The van der Waals surface area contributed by atoms with Gasteiger partial charge in [0.2, 0.25) is 5.78 Å². The number of aromatic hydroxyl groups is 3. The maximum absolute atomic E-state index is 13.6. The van der Waals surface area contributed by atoms with E-state index in [2.05, 4.69) is 4.90 Å². The Bertz CT molecular complexity index is 1450. The number of ether oxygens (including phenoxy) is 3. The number of phenolic OH excluding ortho intramolecular Hbond substituents is 3. The van der Waals surface area contributed by atoms with Gasteiger partial charge < -0.3 is 44.8 Å². The summed E-state index contributed by atoms with van der Waals surface area (Å²) in [6, 6.07) is 3.60. The van der Waals surface area contributed by atoms with Crippen molar-refractivity contribution in [2.24, 2.45) is 0 Å². The molecule has 6 rings (SSSR count). The first kappa shape index (κ1) is 34.4. The Morgan fingerprint density at radius 2 is 1.61 bits per heavy atom. The fourth-order valence-electron chi connectivity index (χ4n) is 6.86. The van der Waals surface area contributed by atoms with Crippen molar-refractivity contribution in [1.29, 1.82) is 0 Å². The van der Waals surface area contributed by atoms with Crippen molar-refractivity contribution in [3.05, 3.63) is 51.6 Å². The summed E-state index contributed by atoms with van der Waals surface area (Å²) < 4.78 is 17.8. The molecule has 0 spiro atoms. The number of morpholine rings is 1. The predicted molar refractivity (Wildman–Crippen MR) is 159 cm³/mol. The Labute approximate surface area is 266 Å². The minimum atomic E-state index is -1.82. The highest BCUT2D eigenvalue weighted by molar-refractivity contribution is 6.31. The van der Waals surface area contributed by atoms with Crippen LogP contribution < -0.4 is 0 Å². The van der Waals surface area contributed by atoms with Gasteiger partial charge in [-0.2, -0.15) is 0 Å². The SMILES string of the molecule is CC[C@@]1(O)C[C@H](OC2CC(N3CCOCC3)C(O)C(C)O2)c2c(O)c3c(c(O)c2[C@H]1O)C(=O)c1cccc(O)c1C3=O.Cl.Cl. The minimum Gasteiger partial charge on any atom is -0.507 e. The van der Waals surface area contributed by atoms with Gasteiger partial charge in [0.25, 0.3) is 0 Å². The predicted octanol–water partition coefficient (Wildman–Crippen LogP) is 2.25. The fraction of sp³-hybridized carbons (Fsp3) is 0.533. The second-order valence-electron chi connectivity index (χ2n) is 11.5. The molecular formula is C30H37Cl2NO11. The summed E-state index contributed by atoms with van der Waals surface area (Å²) in [6.07, 6.45) is -5.23. The number of carbonyl (C=O) groups is 2. The van der Waals surface area contributed by atoms with Crippen molar-refractivity contribution in [2.75, 3.05) is 26.3 Å². The van der Waals surface area contributed by atoms with Crippen molar-refractivity contribution in [2.45, 2.75) is 75.5 Å². The lowest BCUT2D eigenvalue weighted by Crippen LogP contribution is -2.58. The van der Waals surface area contributed by atoms with Crippen molar-refractivity contribution < 1.29 is 54.4 Å². The van der Waals surface area contributed by atoms with Crippen LogP contribution in [0.4, 0.5) is 0 Å². The summed E-state index contributed by atoms with van der Waals surface area (Å²) in [4.78, 5) is 29.2. The smallest absolute Gasteiger partial charge is 0.202 e. The second kappa shape index (κ2) is 12.7. The highest BCUT2D eigenvalue weighted by atomic mass is 35.5. The molecule has 0 aromatic heterocycles. The lowest BCUT2D eigenvalue weighted by Gasteiger charge is -2.47. The Balaban J connectivity index is 0.00000221. The van der Waals surface area contributed by atoms with Crippen LogP contribution in [0.1, 0.15) is 88.3 Å². The third-order valence-electron chi connectivity index (χ3n) is 9.25. The topological polar surface area (TPSA) is 186 Å². The number of fused-ring (bicyclic) bond motifs is 3. The molecule has 0 amide bonds. The first-order valence-electron chi connectivity index (χ1n) is 14.2. The quantitative estimate of drug-likeness (QED) is 0.225. The van der Waals surface area contributed by atoms with Crippen LogP contribution in [-0.2, 0) is 14.2 Å². The van der Waals surface area contributed by atoms with E-state index in [1.165, 1.54) is 18.2 Å². The summed E-state index contributed by atoms with van der Waals surface area (Å²) in [6.45, 7) is 5.61. The van der Waals surface area contributed by atoms with Crippen LogP contribution >= 0.6 is 24.8 Å². The lowest BCUT2D eigenvalue weighted by atomic mass is 9.70. The molecule has 2 heterocycles. The zero-order valence-electron chi connectivity index (χ0n) is 24.1. The van der Waals surface area contributed by atoms with Gasteiger partial charge in [0.1, 0.15) is 23.4 Å². The number of aliphatic hydroxyl groups excluding tert-OH is 2. The Morgan fingerprint density at radius 3 is 2.27 bits per heavy atom. The molecule has 2 saturated heterocycles. The highest BCUT2D eigenvalue weighted by Crippen LogP contribution is 2.56. The monoisotopic (exact) mass is 657 g/mol. The summed E-state index contributed by atoms with van der Waals surface area (Å²) in [5, 5.41) is 67.1. The van der Waals surface area contributed by atoms with Crippen molar-refractivity contribution in [1.82, 2.24) is 4.90 Å². The Kier molecular flexibility index (Phi) is 9.92. The number of carbonyl (C=O) groups excluding carboxylic acids is 2. The van der Waals surface area contributed by atoms with Gasteiger partial charge in [-0.25, -0.2) is 0 Å². The number of aliphatic hydroxyl groups is 3. The molecule has 2 aliphatic heterocycles. The van der Waals surface area contributed by atoms with Gasteiger partial charge >= 0.3 is 0 Å². The molecule has 44 heavy (non-hydrogen) atoms. The van der Waals surface area contributed by atoms with Crippen LogP contribution in [0.2, 0.25) is 0 Å². The molecule has 4 unspecified atom stereocenters. The number of rotatable bonds is 4. The molecule has 2 aliphatic carbocycles. The zero-order chi connectivity index (χ0) is 30.1. The van der Waals surface area contributed by atoms with E-state index >= 15 is 0 Å². The second-order valence-corrected chi connectivity index (χ2v) is 11.5. The van der Waals surface area contributed by atoms with E-state index < -0.39 is 76.2 Å². The van der Waals surface area contributed by atoms with Gasteiger partial charge in [0.05, 0.1) is 53.8 Å². The van der Waals surface area contributed by atoms with Crippen molar-refractivity contribution >= 4 is 36.4 Å². The van der Waals surface area contributed by atoms with Gasteiger partial charge in [-0.3, -0.25) is 14.5 Å². The van der Waals surface area contributed by atoms with E-state index in [-0.39, 0.29) is 72.4 Å². The molecular weight excluding hydrogens is 621 g/mol. The lowest BCUT2D eigenvalue weighted by molar-refractivity contribution is -0.264. The number of phenols is 3. The Hall–Kier alpha value is -2.52. The van der Waals surface area contributed by atoms with Crippen LogP contribution in [-0.4, -0.2) is 104 Å². The van der Waals surface area contributed by atoms with Crippen molar-refractivity contribution in [3.8, 4) is 17.2 Å². The highest BCUT2D eigenvalue weighted by Gasteiger charge is 2.52. The summed E-state index contributed by atoms with van der Waals surface area (Å²) >= 11 is 0. The first-order chi connectivity index (χ1) is 20.0. The molecule has 2 fully saturated rings. The third kappa shape index (κ3) is 5.25. The van der Waals surface area contributed by atoms with Crippen LogP contribution in [0.5, 0.6) is 17.2 Å². The molecule has 14 heteroatoms. The largest absolute Gasteiger partial charge is 0.507 e. The number of nitrogens with zero attached hydrogens (tertiary/aromatic N) is 1. The minimum absolute atomic E-state index is 0. The number of hydrogen-bond donors (Lipinski definition) is 6. The van der Waals surface area contributed by atoms with E-state index in [0.717, 1.165) is 0 Å². The summed E-state index contributed by atoms with van der Waals surface area (Å²) in [7, 11) is 0. The first-order valence-corrected chi connectivity index (χ1v) is 14.2. The van der Waals surface area contributed by atoms with E-state index in [9.17, 15) is 40.2 Å². The summed E-state index contributed by atoms with van der Waals surface area (Å²) in [5.41, 5.74) is -3.80. The van der Waals surface area contributed by atoms with Gasteiger partial charge in [-0.1, -0.05) is 19.1 Å². The molecule has 2 aromatic carbocycles. The third-order valence-corrected chi connectivity index (χ3v) is 9.25. The van der Waals surface area contributed by atoms with E-state index in [1.54, 1.807) is 13.8 Å². The molecule has 12 nitrogen and oxygen atoms in total. The summed E-state index contributed by atoms with van der Waals surface area (Å²) in [5.74, 6) is -3.61.